The largest absolute Gasteiger partial charge is 0.456 e. The molecule has 0 atom stereocenters. The summed E-state index contributed by atoms with van der Waals surface area (Å²) in [6, 6.07) is 82.7. The molecule has 300 valence electrons. The second kappa shape index (κ2) is 14.4. The van der Waals surface area contributed by atoms with Gasteiger partial charge in [0.2, 0.25) is 0 Å². The summed E-state index contributed by atoms with van der Waals surface area (Å²) in [5.74, 6) is 2.25. The van der Waals surface area contributed by atoms with Crippen LogP contribution < -0.4 is 20.7 Å². The summed E-state index contributed by atoms with van der Waals surface area (Å²) in [7, 11) is -3.03. The summed E-state index contributed by atoms with van der Waals surface area (Å²) in [6.45, 7) is 0. The van der Waals surface area contributed by atoms with Crippen LogP contribution in [0.15, 0.2) is 235 Å². The highest BCUT2D eigenvalue weighted by Gasteiger charge is 2.43. The fourth-order valence-electron chi connectivity index (χ4n) is 10.4. The van der Waals surface area contributed by atoms with Crippen molar-refractivity contribution in [3.8, 4) is 23.0 Å². The normalized spacial score (nSPS) is 12.1. The first-order chi connectivity index (χ1) is 31.8. The maximum Gasteiger partial charge on any atom is 0.184 e. The fourth-order valence-corrected chi connectivity index (χ4v) is 15.2. The number of aromatic nitrogens is 4. The Morgan fingerprint density at radius 3 is 1.25 bits per heavy atom. The second-order valence-corrected chi connectivity index (χ2v) is 20.3. The van der Waals surface area contributed by atoms with E-state index in [1.165, 1.54) is 42.3 Å². The Bertz CT molecular complexity index is 3630. The number of rotatable bonds is 7. The monoisotopic (exact) mass is 834 g/mol. The van der Waals surface area contributed by atoms with Crippen LogP contribution in [0.1, 0.15) is 0 Å². The van der Waals surface area contributed by atoms with E-state index in [-0.39, 0.29) is 0 Å². The van der Waals surface area contributed by atoms with Gasteiger partial charge in [-0.15, -0.1) is 0 Å². The molecule has 0 bridgehead atoms. The van der Waals surface area contributed by atoms with Gasteiger partial charge in [-0.2, -0.15) is 0 Å². The van der Waals surface area contributed by atoms with Crippen LogP contribution in [-0.4, -0.2) is 27.2 Å². The first kappa shape index (κ1) is 36.3. The third-order valence-corrected chi connectivity index (χ3v) is 17.9. The number of benzene rings is 9. The Morgan fingerprint density at radius 2 is 0.750 bits per heavy atom. The van der Waals surface area contributed by atoms with Crippen molar-refractivity contribution in [2.45, 2.75) is 0 Å². The molecule has 13 aromatic rings. The third-order valence-electron chi connectivity index (χ3n) is 13.1. The molecule has 0 N–H and O–H groups in total. The van der Waals surface area contributed by atoms with E-state index >= 15 is 0 Å². The predicted octanol–water partition coefficient (Wildman–Crippen LogP) is 11.6. The lowest BCUT2D eigenvalue weighted by Crippen LogP contribution is -2.74. The molecule has 0 radical (unpaired) electrons. The van der Waals surface area contributed by atoms with Crippen molar-refractivity contribution >= 4 is 94.4 Å². The molecule has 6 heteroatoms. The third kappa shape index (κ3) is 5.36. The topological polar surface area (TPSA) is 48.8 Å². The van der Waals surface area contributed by atoms with Crippen LogP contribution >= 0.6 is 0 Å². The summed E-state index contributed by atoms with van der Waals surface area (Å²) in [5, 5.41) is 12.0. The molecule has 0 aliphatic heterocycles. The van der Waals surface area contributed by atoms with Crippen molar-refractivity contribution in [3.63, 3.8) is 0 Å². The Kier molecular flexibility index (Phi) is 8.16. The molecular weight excluding hydrogens is 797 g/mol. The van der Waals surface area contributed by atoms with Gasteiger partial charge < -0.3 is 4.42 Å². The fraction of sp³-hybridized carbons (Fsp3) is 0. The molecule has 0 aliphatic carbocycles. The molecular formula is C58H38N4OSi. The van der Waals surface area contributed by atoms with E-state index in [0.29, 0.717) is 5.82 Å². The number of fused-ring (bicyclic) bond motifs is 9. The van der Waals surface area contributed by atoms with Gasteiger partial charge in [0.05, 0.1) is 22.1 Å². The van der Waals surface area contributed by atoms with E-state index in [9.17, 15) is 0 Å². The zero-order chi connectivity index (χ0) is 42.2. The first-order valence-corrected chi connectivity index (χ1v) is 23.7. The van der Waals surface area contributed by atoms with Crippen molar-refractivity contribution in [2.75, 3.05) is 0 Å². The quantitative estimate of drug-likeness (QED) is 0.119. The van der Waals surface area contributed by atoms with E-state index in [1.54, 1.807) is 0 Å². The lowest BCUT2D eigenvalue weighted by molar-refractivity contribution is 0.671. The molecule has 64 heavy (non-hydrogen) atoms. The number of furan rings is 1. The van der Waals surface area contributed by atoms with E-state index < -0.39 is 8.07 Å². The average Bonchev–Trinajstić information content (AvgIpc) is 4.03. The summed E-state index contributed by atoms with van der Waals surface area (Å²) >= 11 is 0. The summed E-state index contributed by atoms with van der Waals surface area (Å²) in [4.78, 5) is 11.0. The highest BCUT2D eigenvalue weighted by atomic mass is 28.3. The highest BCUT2D eigenvalue weighted by molar-refractivity contribution is 7.20. The molecule has 0 saturated heterocycles. The summed E-state index contributed by atoms with van der Waals surface area (Å²) in [5.41, 5.74) is 7.14. The smallest absolute Gasteiger partial charge is 0.184 e. The van der Waals surface area contributed by atoms with E-state index in [1.807, 2.05) is 6.07 Å². The summed E-state index contributed by atoms with van der Waals surface area (Å²) < 4.78 is 11.5. The van der Waals surface area contributed by atoms with Crippen molar-refractivity contribution in [1.82, 2.24) is 19.1 Å². The van der Waals surface area contributed by atoms with Gasteiger partial charge >= 0.3 is 0 Å². The number of nitrogens with zero attached hydrogens (tertiary/aromatic N) is 4. The van der Waals surface area contributed by atoms with Crippen molar-refractivity contribution in [3.05, 3.63) is 231 Å². The number of hydrogen-bond donors (Lipinski definition) is 0. The van der Waals surface area contributed by atoms with Gasteiger partial charge in [0, 0.05) is 43.9 Å². The average molecular weight is 835 g/mol. The molecule has 0 saturated carbocycles. The van der Waals surface area contributed by atoms with E-state index in [4.69, 9.17) is 14.4 Å². The molecule has 5 nitrogen and oxygen atoms in total. The SMILES string of the molecule is c1ccc([Si](c2ccccc2)(c2ccc(-c3nc(-n4c5ccccc5c5ccccc54)cc(-n4c5ccccc5c5ccccc54)n3)cc2)c2cccc3c2oc2ccccc23)cc1. The highest BCUT2D eigenvalue weighted by Crippen LogP contribution is 2.36. The number of hydrogen-bond acceptors (Lipinski definition) is 3. The Labute approximate surface area is 369 Å². The van der Waals surface area contributed by atoms with Crippen molar-refractivity contribution in [1.29, 1.82) is 0 Å². The van der Waals surface area contributed by atoms with Gasteiger partial charge in [-0.1, -0.05) is 194 Å². The zero-order valence-corrected chi connectivity index (χ0v) is 35.6. The predicted molar refractivity (Wildman–Crippen MR) is 267 cm³/mol. The molecule has 0 amide bonds. The molecule has 0 aliphatic rings. The Balaban J connectivity index is 1.07. The molecule has 0 spiro atoms. The van der Waals surface area contributed by atoms with Gasteiger partial charge in [0.1, 0.15) is 22.8 Å². The maximum atomic E-state index is 6.88. The van der Waals surface area contributed by atoms with Crippen LogP contribution in [0.3, 0.4) is 0 Å². The summed E-state index contributed by atoms with van der Waals surface area (Å²) in [6.07, 6.45) is 0. The van der Waals surface area contributed by atoms with Crippen LogP contribution in [0.25, 0.3) is 88.6 Å². The van der Waals surface area contributed by atoms with Crippen LogP contribution in [0.4, 0.5) is 0 Å². The minimum Gasteiger partial charge on any atom is -0.456 e. The van der Waals surface area contributed by atoms with Gasteiger partial charge in [0.15, 0.2) is 13.9 Å². The minimum absolute atomic E-state index is 0.647. The van der Waals surface area contributed by atoms with Gasteiger partial charge in [0.25, 0.3) is 0 Å². The molecule has 9 aromatic carbocycles. The molecule has 4 heterocycles. The standard InChI is InChI=1S/C58H38N4OSi/c1-3-18-40(19-4-1)64(41-20-5-2-6-21-41,54-33-17-27-48-47-26-11-16-32-53(47)63-57(48)54)42-36-34-39(35-37-42)58-59-55(61-49-28-12-7-22-43(49)44-23-8-13-29-50(44)61)38-56(60-58)62-51-30-14-9-24-45(51)46-25-10-15-31-52(46)62/h1-38H. The van der Waals surface area contributed by atoms with E-state index in [2.05, 4.69) is 234 Å². The van der Waals surface area contributed by atoms with Crippen LogP contribution in [0.5, 0.6) is 0 Å². The molecule has 13 rings (SSSR count). The van der Waals surface area contributed by atoms with Gasteiger partial charge in [-0.3, -0.25) is 9.13 Å². The Hall–Kier alpha value is -8.32. The van der Waals surface area contributed by atoms with Gasteiger partial charge in [-0.25, -0.2) is 9.97 Å². The van der Waals surface area contributed by atoms with Gasteiger partial charge in [-0.05, 0) is 51.1 Å². The van der Waals surface area contributed by atoms with Crippen LogP contribution in [0, 0.1) is 0 Å². The lowest BCUT2D eigenvalue weighted by Gasteiger charge is -2.34. The van der Waals surface area contributed by atoms with Crippen molar-refractivity contribution in [2.24, 2.45) is 0 Å². The lowest BCUT2D eigenvalue weighted by atomic mass is 10.1. The van der Waals surface area contributed by atoms with E-state index in [0.717, 1.165) is 61.2 Å². The maximum absolute atomic E-state index is 6.88. The first-order valence-electron chi connectivity index (χ1n) is 21.7. The molecule has 4 aromatic heterocycles. The van der Waals surface area contributed by atoms with Crippen LogP contribution in [-0.2, 0) is 0 Å². The second-order valence-electron chi connectivity index (χ2n) is 16.5. The Morgan fingerprint density at radius 1 is 0.344 bits per heavy atom. The van der Waals surface area contributed by atoms with Crippen molar-refractivity contribution < 1.29 is 4.42 Å². The minimum atomic E-state index is -3.03. The molecule has 0 fully saturated rings. The molecule has 0 unspecified atom stereocenters. The number of para-hydroxylation sites is 6. The van der Waals surface area contributed by atoms with Crippen LogP contribution in [0.2, 0.25) is 0 Å². The zero-order valence-electron chi connectivity index (χ0n) is 34.6.